The smallest absolute Gasteiger partial charge is 0.185 e. The Labute approximate surface area is 520 Å². The van der Waals surface area contributed by atoms with Crippen LogP contribution in [0, 0.1) is 0 Å². The van der Waals surface area contributed by atoms with Crippen molar-refractivity contribution in [3.8, 4) is 44.9 Å². The zero-order chi connectivity index (χ0) is 64.8. The van der Waals surface area contributed by atoms with Gasteiger partial charge in [0.15, 0.2) is 8.07 Å². The molecule has 432 valence electrons. The quantitative estimate of drug-likeness (QED) is 0.149. The van der Waals surface area contributed by atoms with Gasteiger partial charge in [-0.25, -0.2) is 4.98 Å². The molecule has 3 aliphatic heterocycles. The van der Waals surface area contributed by atoms with Gasteiger partial charge in [-0.2, -0.15) is 0 Å². The van der Waals surface area contributed by atoms with Gasteiger partial charge in [0.05, 0.1) is 29.6 Å². The SMILES string of the molecule is [2H]c1c([2H])c([2H])c(-c2cccc(-c3cc(C(C)(C)C)cc(C(C)(C)C)c3)c2N2CN(c3cccc(Oc4ccc5c(c4)N(c4cc(C(C)(C)C)ccn4)c4ccccc4[Si]54c5ccc(C(C)(C)C)cc5-c5cc(C(C)(C)C)ccc54)c3)c3ccccc32)c([2H])c1[2H]. The lowest BCUT2D eigenvalue weighted by atomic mass is 9.78. The van der Waals surface area contributed by atoms with E-state index in [0.29, 0.717) is 23.7 Å². The van der Waals surface area contributed by atoms with Crippen LogP contribution in [0.25, 0.3) is 33.4 Å². The first-order valence-corrected chi connectivity index (χ1v) is 32.5. The molecule has 3 aliphatic rings. The minimum atomic E-state index is -3.07. The number of hydrogen-bond acceptors (Lipinski definition) is 5. The zero-order valence-electron chi connectivity index (χ0n) is 57.7. The molecule has 9 aromatic carbocycles. The van der Waals surface area contributed by atoms with Crippen molar-refractivity contribution in [2.75, 3.05) is 21.4 Å². The second kappa shape index (κ2) is 20.3. The third kappa shape index (κ3) is 9.65. The second-order valence-corrected chi connectivity index (χ2v) is 32.7. The molecule has 1 spiro atoms. The van der Waals surface area contributed by atoms with Crippen molar-refractivity contribution in [1.82, 2.24) is 4.98 Å². The Morgan fingerprint density at radius 1 is 0.395 bits per heavy atom. The first-order chi connectivity index (χ1) is 42.8. The fraction of sp³-hybridized carbons (Fsp3) is 0.263. The number of fused-ring (bicyclic) bond motifs is 10. The molecule has 0 saturated carbocycles. The van der Waals surface area contributed by atoms with Crippen LogP contribution >= 0.6 is 0 Å². The molecule has 0 N–H and O–H groups in total. The van der Waals surface area contributed by atoms with Crippen molar-refractivity contribution in [2.24, 2.45) is 0 Å². The summed E-state index contributed by atoms with van der Waals surface area (Å²) in [6.07, 6.45) is 1.95. The van der Waals surface area contributed by atoms with Gasteiger partial charge in [0.2, 0.25) is 0 Å². The van der Waals surface area contributed by atoms with Crippen LogP contribution in [-0.2, 0) is 27.1 Å². The molecule has 86 heavy (non-hydrogen) atoms. The van der Waals surface area contributed by atoms with Gasteiger partial charge in [0.1, 0.15) is 24.0 Å². The van der Waals surface area contributed by atoms with Crippen molar-refractivity contribution in [3.05, 3.63) is 240 Å². The summed E-state index contributed by atoms with van der Waals surface area (Å²) in [5.74, 6) is 2.19. The monoisotopic (exact) mass is 1150 g/mol. The summed E-state index contributed by atoms with van der Waals surface area (Å²) in [4.78, 5) is 12.1. The Morgan fingerprint density at radius 3 is 1.51 bits per heavy atom. The highest BCUT2D eigenvalue weighted by atomic mass is 28.3. The van der Waals surface area contributed by atoms with Crippen molar-refractivity contribution in [3.63, 3.8) is 0 Å². The van der Waals surface area contributed by atoms with Gasteiger partial charge >= 0.3 is 0 Å². The average molecular weight is 1150 g/mol. The van der Waals surface area contributed by atoms with E-state index in [2.05, 4.69) is 258 Å². The molecule has 0 fully saturated rings. The molecule has 6 heteroatoms. The average Bonchev–Trinajstić information content (AvgIpc) is 1.59. The van der Waals surface area contributed by atoms with E-state index in [1.165, 1.54) is 59.7 Å². The standard InChI is InChI=1S/C80H82N4OSi/c1-76(2,3)54-35-38-70-64(46-54)65-47-55(77(4,5)6)36-39-71(65)86(70)72-34-22-21-33-68(72)84(74-48-56(41-42-81-74)78(7,8)9)69-50-61(37-40-73(69)86)85-60-28-23-27-59(49-60)82-51-83(67-32-20-19-31-66(67)82)75-62(52-25-17-16-18-26-52)29-24-30-63(75)53-43-57(79(10,11)12)45-58(44-53)80(13,14)15/h16-50H,51H2,1-15H3/i16D,17D,18D,25D,26D. The molecule has 4 heterocycles. The Kier molecular flexibility index (Phi) is 12.0. The van der Waals surface area contributed by atoms with Gasteiger partial charge in [0.25, 0.3) is 0 Å². The molecule has 0 bridgehead atoms. The molecular weight excluding hydrogens is 1060 g/mol. The molecule has 0 saturated heterocycles. The highest BCUT2D eigenvalue weighted by molar-refractivity contribution is 7.23. The maximum atomic E-state index is 9.38. The van der Waals surface area contributed by atoms with Crippen molar-refractivity contribution in [2.45, 2.75) is 131 Å². The predicted octanol–water partition coefficient (Wildman–Crippen LogP) is 19.1. The molecule has 0 amide bonds. The number of hydrogen-bond donors (Lipinski definition) is 0. The van der Waals surface area contributed by atoms with E-state index in [9.17, 15) is 2.74 Å². The normalized spacial score (nSPS) is 15.2. The lowest BCUT2D eigenvalue weighted by Crippen LogP contribution is -2.75. The first kappa shape index (κ1) is 50.8. The van der Waals surface area contributed by atoms with Crippen LogP contribution in [0.15, 0.2) is 212 Å². The summed E-state index contributed by atoms with van der Waals surface area (Å²) in [5.41, 5.74) is 16.4. The van der Waals surface area contributed by atoms with Crippen molar-refractivity contribution < 1.29 is 11.6 Å². The van der Waals surface area contributed by atoms with Gasteiger partial charge in [0, 0.05) is 40.8 Å². The van der Waals surface area contributed by atoms with Gasteiger partial charge < -0.3 is 14.5 Å². The van der Waals surface area contributed by atoms with Crippen LogP contribution in [-0.4, -0.2) is 19.7 Å². The number of para-hydroxylation sites is 4. The van der Waals surface area contributed by atoms with Crippen LogP contribution in [0.1, 0.15) is 139 Å². The molecule has 0 atom stereocenters. The molecule has 0 unspecified atom stereocenters. The molecule has 1 aromatic heterocycles. The van der Waals surface area contributed by atoms with Crippen LogP contribution in [0.4, 0.5) is 39.9 Å². The van der Waals surface area contributed by atoms with Gasteiger partial charge in [-0.3, -0.25) is 4.90 Å². The lowest BCUT2D eigenvalue weighted by Gasteiger charge is -2.43. The van der Waals surface area contributed by atoms with Crippen molar-refractivity contribution >= 4 is 68.8 Å². The minimum Gasteiger partial charge on any atom is -0.457 e. The van der Waals surface area contributed by atoms with Crippen LogP contribution in [0.5, 0.6) is 11.5 Å². The Balaban J connectivity index is 0.966. The van der Waals surface area contributed by atoms with E-state index in [1.807, 2.05) is 42.6 Å². The molecule has 0 radical (unpaired) electrons. The Morgan fingerprint density at radius 2 is 0.907 bits per heavy atom. The Hall–Kier alpha value is -8.45. The number of rotatable bonds is 7. The largest absolute Gasteiger partial charge is 0.457 e. The molecule has 13 rings (SSSR count). The molecular formula is C80H82N4OSi. The van der Waals surface area contributed by atoms with Crippen molar-refractivity contribution in [1.29, 1.82) is 0 Å². The first-order valence-electron chi connectivity index (χ1n) is 33.0. The third-order valence-corrected chi connectivity index (χ3v) is 23.0. The summed E-state index contributed by atoms with van der Waals surface area (Å²) in [7, 11) is -3.07. The van der Waals surface area contributed by atoms with Gasteiger partial charge in [-0.1, -0.05) is 249 Å². The number of nitrogens with zero attached hydrogens (tertiary/aromatic N) is 4. The summed E-state index contributed by atoms with van der Waals surface area (Å²) in [6.45, 7) is 34.3. The van der Waals surface area contributed by atoms with E-state index in [4.69, 9.17) is 13.8 Å². The number of ether oxygens (including phenoxy) is 1. The summed E-state index contributed by atoms with van der Waals surface area (Å²) >= 11 is 0. The number of pyridine rings is 1. The van der Waals surface area contributed by atoms with Gasteiger partial charge in [-0.15, -0.1) is 0 Å². The van der Waals surface area contributed by atoms with E-state index in [1.54, 1.807) is 0 Å². The zero-order valence-corrected chi connectivity index (χ0v) is 53.7. The Bertz CT molecular complexity index is 4490. The van der Waals surface area contributed by atoms with E-state index in [-0.39, 0.29) is 56.8 Å². The summed E-state index contributed by atoms with van der Waals surface area (Å²) < 4.78 is 52.4. The fourth-order valence-corrected chi connectivity index (χ4v) is 18.7. The lowest BCUT2D eigenvalue weighted by molar-refractivity contribution is 0.483. The van der Waals surface area contributed by atoms with Crippen LogP contribution < -0.4 is 40.2 Å². The molecule has 0 aliphatic carbocycles. The van der Waals surface area contributed by atoms with E-state index in [0.717, 1.165) is 51.1 Å². The second-order valence-electron chi connectivity index (χ2n) is 29.0. The molecule has 5 nitrogen and oxygen atoms in total. The van der Waals surface area contributed by atoms with Crippen LogP contribution in [0.3, 0.4) is 0 Å². The highest BCUT2D eigenvalue weighted by Crippen LogP contribution is 2.52. The van der Waals surface area contributed by atoms with Gasteiger partial charge in [-0.05, 0) is 146 Å². The number of aromatic nitrogens is 1. The molecule has 10 aromatic rings. The third-order valence-electron chi connectivity index (χ3n) is 18.0. The highest BCUT2D eigenvalue weighted by Gasteiger charge is 2.55. The fourth-order valence-electron chi connectivity index (χ4n) is 13.2. The maximum Gasteiger partial charge on any atom is 0.185 e. The topological polar surface area (TPSA) is 31.8 Å². The number of benzene rings is 9. The summed E-state index contributed by atoms with van der Waals surface area (Å²) in [6, 6.07) is 62.6. The minimum absolute atomic E-state index is 0.0551. The van der Waals surface area contributed by atoms with Crippen LogP contribution in [0.2, 0.25) is 0 Å². The number of anilines is 7. The predicted molar refractivity (Wildman–Crippen MR) is 368 cm³/mol. The van der Waals surface area contributed by atoms with E-state index >= 15 is 0 Å². The summed E-state index contributed by atoms with van der Waals surface area (Å²) in [5, 5.41) is 5.39. The van der Waals surface area contributed by atoms with E-state index < -0.39 is 14.1 Å². The maximum absolute atomic E-state index is 9.38.